The number of carbonyl (C=O) groups is 2. The fourth-order valence-electron chi connectivity index (χ4n) is 4.56. The van der Waals surface area contributed by atoms with Crippen molar-refractivity contribution in [3.05, 3.63) is 46.9 Å². The first-order valence-electron chi connectivity index (χ1n) is 9.34. The molecular weight excluding hydrogens is 388 g/mol. The summed E-state index contributed by atoms with van der Waals surface area (Å²) in [6.07, 6.45) is 4.55. The minimum Gasteiger partial charge on any atom is -0.497 e. The topological polar surface area (TPSA) is 99.4 Å². The number of carboxylic acids is 1. The molecule has 4 atom stereocenters. The Bertz CT molecular complexity index is 1050. The Labute approximate surface area is 172 Å². The fraction of sp³-hybridized carbons (Fsp3) is 0.318. The van der Waals surface area contributed by atoms with Crippen LogP contribution in [0.15, 0.2) is 36.4 Å². The summed E-state index contributed by atoms with van der Waals surface area (Å²) in [5.41, 5.74) is 2.04. The molecule has 7 heteroatoms. The molecule has 1 aromatic heterocycles. The van der Waals surface area contributed by atoms with Gasteiger partial charge in [0.15, 0.2) is 0 Å². The zero-order valence-corrected chi connectivity index (χ0v) is 16.8. The first kappa shape index (κ1) is 19.2. The van der Waals surface area contributed by atoms with E-state index >= 15 is 0 Å². The van der Waals surface area contributed by atoms with E-state index in [9.17, 15) is 20.0 Å². The van der Waals surface area contributed by atoms with Crippen LogP contribution in [0.25, 0.3) is 11.1 Å². The second-order valence-electron chi connectivity index (χ2n) is 7.41. The summed E-state index contributed by atoms with van der Waals surface area (Å²) >= 11 is 1.34. The SMILES string of the molecule is COc1ccc(-c2c(C)sc(NC(=O)[C@H]3[C@@H](C(=O)O)[C@H]4C=C[C@@H]3C4)c2C#N)cc1. The lowest BCUT2D eigenvalue weighted by Crippen LogP contribution is -2.36. The number of nitrogens with one attached hydrogen (secondary N) is 1. The second kappa shape index (κ2) is 7.37. The van der Waals surface area contributed by atoms with Gasteiger partial charge in [0.1, 0.15) is 16.8 Å². The van der Waals surface area contributed by atoms with Gasteiger partial charge in [-0.15, -0.1) is 11.3 Å². The van der Waals surface area contributed by atoms with Crippen LogP contribution in [0, 0.1) is 41.9 Å². The summed E-state index contributed by atoms with van der Waals surface area (Å²) in [4.78, 5) is 25.6. The quantitative estimate of drug-likeness (QED) is 0.727. The van der Waals surface area contributed by atoms with Gasteiger partial charge >= 0.3 is 5.97 Å². The number of nitrogens with zero attached hydrogens (tertiary/aromatic N) is 1. The fourth-order valence-corrected chi connectivity index (χ4v) is 5.59. The molecule has 1 aromatic carbocycles. The molecular formula is C22H20N2O4S. The third kappa shape index (κ3) is 3.19. The van der Waals surface area contributed by atoms with Gasteiger partial charge in [-0.2, -0.15) is 5.26 Å². The minimum atomic E-state index is -0.941. The van der Waals surface area contributed by atoms with E-state index in [2.05, 4.69) is 11.4 Å². The average Bonchev–Trinajstić information content (AvgIpc) is 3.40. The number of allylic oxidation sites excluding steroid dienone is 2. The molecule has 4 rings (SSSR count). The molecule has 1 amide bonds. The molecule has 6 nitrogen and oxygen atoms in total. The summed E-state index contributed by atoms with van der Waals surface area (Å²) in [6, 6.07) is 9.61. The molecule has 1 saturated carbocycles. The maximum Gasteiger partial charge on any atom is 0.307 e. The van der Waals surface area contributed by atoms with Crippen molar-refractivity contribution in [2.45, 2.75) is 13.3 Å². The highest BCUT2D eigenvalue weighted by Gasteiger charge is 2.51. The molecule has 0 aliphatic heterocycles. The molecule has 0 radical (unpaired) electrons. The van der Waals surface area contributed by atoms with Gasteiger partial charge in [0.25, 0.3) is 0 Å². The standard InChI is InChI=1S/C22H20N2O4S/c1-11-17(12-5-7-15(28-2)8-6-12)16(10-23)21(29-11)24-20(25)18-13-3-4-14(9-13)19(18)22(26)27/h3-8,13-14,18-19H,9H2,1-2H3,(H,24,25)(H,26,27)/t13-,14+,18-,19+/m1/s1. The number of amides is 1. The Morgan fingerprint density at radius 2 is 1.86 bits per heavy atom. The number of fused-ring (bicyclic) bond motifs is 2. The zero-order valence-electron chi connectivity index (χ0n) is 16.0. The van der Waals surface area contributed by atoms with Gasteiger partial charge in [0.2, 0.25) is 5.91 Å². The van der Waals surface area contributed by atoms with Gasteiger partial charge in [0.05, 0.1) is 24.5 Å². The van der Waals surface area contributed by atoms with E-state index in [0.717, 1.165) is 21.8 Å². The van der Waals surface area contributed by atoms with Crippen LogP contribution in [0.3, 0.4) is 0 Å². The lowest BCUT2D eigenvalue weighted by Gasteiger charge is -2.23. The van der Waals surface area contributed by atoms with Crippen LogP contribution in [0.2, 0.25) is 0 Å². The van der Waals surface area contributed by atoms with E-state index in [1.807, 2.05) is 43.3 Å². The lowest BCUT2D eigenvalue weighted by atomic mass is 9.82. The average molecular weight is 408 g/mol. The summed E-state index contributed by atoms with van der Waals surface area (Å²) in [7, 11) is 1.59. The van der Waals surface area contributed by atoms with Crippen LogP contribution in [-0.4, -0.2) is 24.1 Å². The van der Waals surface area contributed by atoms with Crippen molar-refractivity contribution in [2.75, 3.05) is 12.4 Å². The van der Waals surface area contributed by atoms with E-state index in [-0.39, 0.29) is 17.7 Å². The number of benzene rings is 1. The molecule has 0 unspecified atom stereocenters. The monoisotopic (exact) mass is 408 g/mol. The summed E-state index contributed by atoms with van der Waals surface area (Å²) in [5.74, 6) is -2.02. The molecule has 2 bridgehead atoms. The number of aliphatic carboxylic acids is 1. The van der Waals surface area contributed by atoms with Gasteiger partial charge in [-0.3, -0.25) is 9.59 Å². The van der Waals surface area contributed by atoms with E-state index < -0.39 is 17.8 Å². The largest absolute Gasteiger partial charge is 0.497 e. The van der Waals surface area contributed by atoms with Gasteiger partial charge in [-0.1, -0.05) is 24.3 Å². The number of carboxylic acid groups (broad SMARTS) is 1. The number of aryl methyl sites for hydroxylation is 1. The van der Waals surface area contributed by atoms with E-state index in [1.54, 1.807) is 7.11 Å². The summed E-state index contributed by atoms with van der Waals surface area (Å²) < 4.78 is 5.19. The van der Waals surface area contributed by atoms with Crippen molar-refractivity contribution in [3.8, 4) is 22.9 Å². The van der Waals surface area contributed by atoms with Crippen molar-refractivity contribution in [1.29, 1.82) is 5.26 Å². The first-order chi connectivity index (χ1) is 13.9. The van der Waals surface area contributed by atoms with Crippen molar-refractivity contribution >= 4 is 28.2 Å². The Morgan fingerprint density at radius 1 is 1.21 bits per heavy atom. The van der Waals surface area contributed by atoms with Crippen molar-refractivity contribution in [2.24, 2.45) is 23.7 Å². The number of methoxy groups -OCH3 is 1. The Balaban J connectivity index is 1.64. The van der Waals surface area contributed by atoms with Gasteiger partial charge < -0.3 is 15.2 Å². The smallest absolute Gasteiger partial charge is 0.307 e. The van der Waals surface area contributed by atoms with E-state index in [1.165, 1.54) is 11.3 Å². The number of hydrogen-bond acceptors (Lipinski definition) is 5. The van der Waals surface area contributed by atoms with Crippen LogP contribution in [0.5, 0.6) is 5.75 Å². The predicted octanol–water partition coefficient (Wildman–Crippen LogP) is 4.07. The molecule has 29 heavy (non-hydrogen) atoms. The molecule has 2 N–H and O–H groups in total. The maximum absolute atomic E-state index is 13.0. The predicted molar refractivity (Wildman–Crippen MR) is 110 cm³/mol. The molecule has 148 valence electrons. The van der Waals surface area contributed by atoms with Crippen LogP contribution in [0.1, 0.15) is 16.9 Å². The number of thiophene rings is 1. The number of anilines is 1. The number of rotatable bonds is 5. The van der Waals surface area contributed by atoms with Gasteiger partial charge in [-0.25, -0.2) is 0 Å². The summed E-state index contributed by atoms with van der Waals surface area (Å²) in [6.45, 7) is 1.90. The normalized spacial score (nSPS) is 24.3. The maximum atomic E-state index is 13.0. The highest BCUT2D eigenvalue weighted by molar-refractivity contribution is 7.17. The van der Waals surface area contributed by atoms with Crippen LogP contribution in [-0.2, 0) is 9.59 Å². The molecule has 2 aromatic rings. The van der Waals surface area contributed by atoms with Crippen molar-refractivity contribution in [1.82, 2.24) is 0 Å². The highest BCUT2D eigenvalue weighted by Crippen LogP contribution is 2.49. The molecule has 1 fully saturated rings. The van der Waals surface area contributed by atoms with Crippen LogP contribution >= 0.6 is 11.3 Å². The summed E-state index contributed by atoms with van der Waals surface area (Å²) in [5, 5.41) is 22.7. The van der Waals surface area contributed by atoms with Crippen LogP contribution < -0.4 is 10.1 Å². The second-order valence-corrected chi connectivity index (χ2v) is 8.63. The minimum absolute atomic E-state index is 0.0613. The Hall–Kier alpha value is -3.11. The van der Waals surface area contributed by atoms with Crippen molar-refractivity contribution in [3.63, 3.8) is 0 Å². The van der Waals surface area contributed by atoms with Crippen molar-refractivity contribution < 1.29 is 19.4 Å². The van der Waals surface area contributed by atoms with Gasteiger partial charge in [0, 0.05) is 10.4 Å². The number of hydrogen-bond donors (Lipinski definition) is 2. The molecule has 2 aliphatic carbocycles. The zero-order chi connectivity index (χ0) is 20.7. The molecule has 0 saturated heterocycles. The van der Waals surface area contributed by atoms with Gasteiger partial charge in [-0.05, 0) is 42.9 Å². The number of ether oxygens (including phenoxy) is 1. The third-order valence-corrected chi connectivity index (χ3v) is 6.88. The third-order valence-electron chi connectivity index (χ3n) is 5.86. The molecule has 0 spiro atoms. The lowest BCUT2D eigenvalue weighted by molar-refractivity contribution is -0.146. The Morgan fingerprint density at radius 3 is 2.45 bits per heavy atom. The molecule has 2 aliphatic rings. The Kier molecular flexibility index (Phi) is 4.89. The number of carbonyl (C=O) groups excluding carboxylic acids is 1. The highest BCUT2D eigenvalue weighted by atomic mass is 32.1. The number of nitriles is 1. The molecule has 1 heterocycles. The van der Waals surface area contributed by atoms with E-state index in [0.29, 0.717) is 17.0 Å². The van der Waals surface area contributed by atoms with E-state index in [4.69, 9.17) is 4.74 Å². The first-order valence-corrected chi connectivity index (χ1v) is 10.2. The van der Waals surface area contributed by atoms with Crippen LogP contribution in [0.4, 0.5) is 5.00 Å².